The molecule has 0 unspecified atom stereocenters. The van der Waals surface area contributed by atoms with Crippen molar-refractivity contribution in [2.75, 3.05) is 37.7 Å². The molecule has 2 N–H and O–H groups in total. The van der Waals surface area contributed by atoms with Gasteiger partial charge in [0, 0.05) is 61.6 Å². The summed E-state index contributed by atoms with van der Waals surface area (Å²) in [5, 5.41) is 1.00. The van der Waals surface area contributed by atoms with Crippen molar-refractivity contribution in [2.45, 2.75) is 32.2 Å². The van der Waals surface area contributed by atoms with Gasteiger partial charge < -0.3 is 15.4 Å². The maximum Gasteiger partial charge on any atom is 0.423 e. The first-order valence-electron chi connectivity index (χ1n) is 11.4. The van der Waals surface area contributed by atoms with Crippen LogP contribution < -0.4 is 15.3 Å². The number of carbonyl (C=O) groups is 1. The minimum Gasteiger partial charge on any atom is -0.378 e. The Morgan fingerprint density at radius 1 is 1.15 bits per heavy atom. The first kappa shape index (κ1) is 21.8. The van der Waals surface area contributed by atoms with Gasteiger partial charge in [0.1, 0.15) is 11.4 Å². The van der Waals surface area contributed by atoms with Crippen LogP contribution in [0.3, 0.4) is 0 Å². The summed E-state index contributed by atoms with van der Waals surface area (Å²) in [6.45, 7) is 5.18. The molecule has 0 aliphatic carbocycles. The Kier molecular flexibility index (Phi) is 6.51. The Morgan fingerprint density at radius 2 is 1.97 bits per heavy atom. The summed E-state index contributed by atoms with van der Waals surface area (Å²) >= 11 is 1.71. The molecule has 7 nitrogen and oxygen atoms in total. The van der Waals surface area contributed by atoms with Gasteiger partial charge in [-0.1, -0.05) is 12.1 Å². The second-order valence-corrected chi connectivity index (χ2v) is 9.62. The number of allylic oxidation sites excluding steroid dienone is 1. The molecule has 3 aliphatic heterocycles. The minimum absolute atomic E-state index is 0.282. The van der Waals surface area contributed by atoms with Crippen LogP contribution in [-0.2, 0) is 35.3 Å². The molecule has 1 aromatic heterocycles. The molecule has 0 bridgehead atoms. The van der Waals surface area contributed by atoms with E-state index in [1.165, 1.54) is 16.8 Å². The zero-order chi connectivity index (χ0) is 22.6. The average Bonchev–Trinajstić information content (AvgIpc) is 3.32. The number of nitrogens with two attached hydrogens (primary N) is 1. The number of aromatic nitrogens is 1. The quantitative estimate of drug-likeness (QED) is 0.658. The molecule has 0 spiro atoms. The molecule has 33 heavy (non-hydrogen) atoms. The number of fused-ring (bicyclic) bond motifs is 1. The smallest absolute Gasteiger partial charge is 0.378 e. The Morgan fingerprint density at radius 3 is 2.76 bits per heavy atom. The molecular formula is C25H28N5O2S+. The molecule has 5 rings (SSSR count). The number of benzene rings is 1. The molecule has 1 saturated heterocycles. The van der Waals surface area contributed by atoms with E-state index in [0.29, 0.717) is 12.8 Å². The lowest BCUT2D eigenvalue weighted by Gasteiger charge is -2.28. The highest BCUT2D eigenvalue weighted by Crippen LogP contribution is 2.27. The van der Waals surface area contributed by atoms with E-state index < -0.39 is 0 Å². The highest BCUT2D eigenvalue weighted by Gasteiger charge is 2.32. The van der Waals surface area contributed by atoms with Gasteiger partial charge in [-0.2, -0.15) is 0 Å². The number of carbonyl (C=O) groups excluding carboxylic acids is 1. The van der Waals surface area contributed by atoms with Gasteiger partial charge in [0.15, 0.2) is 5.87 Å². The third-order valence-corrected chi connectivity index (χ3v) is 7.21. The molecular weight excluding hydrogens is 434 g/mol. The van der Waals surface area contributed by atoms with E-state index in [4.69, 9.17) is 10.5 Å². The molecule has 4 heterocycles. The summed E-state index contributed by atoms with van der Waals surface area (Å²) < 4.78 is 10.0. The van der Waals surface area contributed by atoms with Crippen LogP contribution in [-0.4, -0.2) is 59.7 Å². The Labute approximate surface area is 198 Å². The summed E-state index contributed by atoms with van der Waals surface area (Å²) in [6, 6.07) is 11.0. The number of thioether (sulfide) groups is 1. The van der Waals surface area contributed by atoms with Gasteiger partial charge in [0.2, 0.25) is 5.91 Å². The van der Waals surface area contributed by atoms with Gasteiger partial charge in [-0.25, -0.2) is 4.90 Å². The third-order valence-electron chi connectivity index (χ3n) is 6.19. The third kappa shape index (κ3) is 5.32. The molecule has 1 aromatic carbocycles. The van der Waals surface area contributed by atoms with Crippen LogP contribution in [0.2, 0.25) is 0 Å². The number of amidine groups is 1. The van der Waals surface area contributed by atoms with Crippen LogP contribution in [0.4, 0.5) is 5.69 Å². The van der Waals surface area contributed by atoms with Crippen LogP contribution in [0.1, 0.15) is 28.8 Å². The van der Waals surface area contributed by atoms with Crippen molar-refractivity contribution >= 4 is 34.4 Å². The number of morpholine rings is 1. The van der Waals surface area contributed by atoms with Gasteiger partial charge in [-0.3, -0.25) is 9.78 Å². The summed E-state index contributed by atoms with van der Waals surface area (Å²) in [4.78, 5) is 21.5. The molecule has 2 aromatic rings. The highest BCUT2D eigenvalue weighted by molar-refractivity contribution is 8.17. The van der Waals surface area contributed by atoms with E-state index >= 15 is 0 Å². The fourth-order valence-electron chi connectivity index (χ4n) is 4.35. The summed E-state index contributed by atoms with van der Waals surface area (Å²) in [5.74, 6) is 2.95. The predicted octanol–water partition coefficient (Wildman–Crippen LogP) is 1.66. The topological polar surface area (TPSA) is 85.8 Å². The molecule has 8 heteroatoms. The minimum atomic E-state index is -0.282. The largest absolute Gasteiger partial charge is 0.423 e. The number of anilines is 1. The predicted molar refractivity (Wildman–Crippen MR) is 132 cm³/mol. The number of primary amides is 1. The number of hydrogen-bond acceptors (Lipinski definition) is 6. The summed E-state index contributed by atoms with van der Waals surface area (Å²) in [6.07, 6.45) is 4.59. The van der Waals surface area contributed by atoms with E-state index in [0.717, 1.165) is 73.6 Å². The fourth-order valence-corrected chi connectivity index (χ4v) is 5.28. The van der Waals surface area contributed by atoms with Crippen LogP contribution in [0.15, 0.2) is 41.4 Å². The molecule has 0 radical (unpaired) electrons. The van der Waals surface area contributed by atoms with E-state index in [-0.39, 0.29) is 5.91 Å². The van der Waals surface area contributed by atoms with Crippen LogP contribution in [0.5, 0.6) is 0 Å². The standard InChI is InChI=1S/C25H27N5O2S/c26-24(31)6-3-19-13-20-17-30(8-7-23(20)27-15-19)25-28-16-22(33-25)14-18-1-4-21(5-2-18)29-9-11-32-12-10-29/h1-2,4-5,13,15H,3,6-12,14,17H2,(H-,26,31)/p+1. The highest BCUT2D eigenvalue weighted by atomic mass is 32.2. The van der Waals surface area contributed by atoms with Crippen LogP contribution in [0, 0.1) is 0 Å². The number of hydrogen-bond donors (Lipinski definition) is 1. The lowest BCUT2D eigenvalue weighted by molar-refractivity contribution is -0.117. The van der Waals surface area contributed by atoms with Gasteiger partial charge in [0.05, 0.1) is 25.5 Å². The van der Waals surface area contributed by atoms with E-state index in [2.05, 4.69) is 55.7 Å². The number of aryl methyl sites for hydroxylation is 1. The van der Waals surface area contributed by atoms with Crippen molar-refractivity contribution in [3.8, 4) is 0 Å². The van der Waals surface area contributed by atoms with Gasteiger partial charge in [-0.05, 0) is 35.7 Å². The zero-order valence-electron chi connectivity index (χ0n) is 18.6. The second kappa shape index (κ2) is 9.86. The number of ether oxygens (including phenoxy) is 1. The first-order valence-corrected chi connectivity index (χ1v) is 12.2. The number of nitrogens with zero attached hydrogens (tertiary/aromatic N) is 4. The fraction of sp³-hybridized carbons (Fsp3) is 0.400. The van der Waals surface area contributed by atoms with Crippen molar-refractivity contribution in [3.63, 3.8) is 0 Å². The molecule has 3 aliphatic rings. The maximum absolute atomic E-state index is 11.1. The van der Waals surface area contributed by atoms with Crippen molar-refractivity contribution in [2.24, 2.45) is 5.73 Å². The average molecular weight is 463 g/mol. The Hall–Kier alpha value is -3.02. The van der Waals surface area contributed by atoms with Gasteiger partial charge >= 0.3 is 5.17 Å². The number of rotatable bonds is 6. The zero-order valence-corrected chi connectivity index (χ0v) is 19.4. The molecule has 1 fully saturated rings. The van der Waals surface area contributed by atoms with E-state index in [1.54, 1.807) is 11.8 Å². The van der Waals surface area contributed by atoms with Crippen LogP contribution >= 0.6 is 11.8 Å². The summed E-state index contributed by atoms with van der Waals surface area (Å²) in [5.41, 5.74) is 11.2. The second-order valence-electron chi connectivity index (χ2n) is 8.56. The van der Waals surface area contributed by atoms with Gasteiger partial charge in [-0.15, -0.1) is 4.67 Å². The van der Waals surface area contributed by atoms with Crippen molar-refractivity contribution in [1.29, 1.82) is 0 Å². The number of amides is 1. The van der Waals surface area contributed by atoms with Crippen molar-refractivity contribution < 1.29 is 9.53 Å². The van der Waals surface area contributed by atoms with Crippen molar-refractivity contribution in [3.05, 3.63) is 63.8 Å². The molecule has 0 saturated carbocycles. The monoisotopic (exact) mass is 462 g/mol. The Bertz CT molecular complexity index is 1140. The maximum atomic E-state index is 11.1. The Balaban J connectivity index is 1.21. The number of pyridine rings is 1. The molecule has 0 atom stereocenters. The van der Waals surface area contributed by atoms with Gasteiger partial charge in [0.25, 0.3) is 0 Å². The van der Waals surface area contributed by atoms with E-state index in [1.807, 2.05) is 6.20 Å². The van der Waals surface area contributed by atoms with E-state index in [9.17, 15) is 4.79 Å². The molecule has 170 valence electrons. The summed E-state index contributed by atoms with van der Waals surface area (Å²) in [7, 11) is 0. The SMILES string of the molecule is NC(=O)CCc1cnc2c(c1)CN(C1=[N+]=C=C(Cc3ccc(N4CCOCC4)cc3)S1)CC2. The molecule has 1 amide bonds. The lowest BCUT2D eigenvalue weighted by atomic mass is 10.0. The lowest BCUT2D eigenvalue weighted by Crippen LogP contribution is -2.36. The van der Waals surface area contributed by atoms with Crippen molar-refractivity contribution in [1.82, 2.24) is 14.6 Å². The van der Waals surface area contributed by atoms with Crippen LogP contribution in [0.25, 0.3) is 0 Å². The normalized spacial score (nSPS) is 17.6. The first-order chi connectivity index (χ1) is 16.1.